The molecule has 6 heteroatoms. The first-order valence-corrected chi connectivity index (χ1v) is 6.28. The molecular formula is C15H13N3O3. The van der Waals surface area contributed by atoms with Crippen molar-refractivity contribution in [3.8, 4) is 11.8 Å². The van der Waals surface area contributed by atoms with Gasteiger partial charge in [-0.3, -0.25) is 4.98 Å². The third-order valence-corrected chi connectivity index (χ3v) is 2.56. The van der Waals surface area contributed by atoms with E-state index in [4.69, 9.17) is 14.7 Å². The van der Waals surface area contributed by atoms with E-state index in [1.807, 2.05) is 6.07 Å². The van der Waals surface area contributed by atoms with Gasteiger partial charge in [-0.25, -0.2) is 9.78 Å². The fraction of sp³-hybridized carbons (Fsp3) is 0.200. The van der Waals surface area contributed by atoms with E-state index in [0.29, 0.717) is 11.3 Å². The molecule has 106 valence electrons. The van der Waals surface area contributed by atoms with Crippen molar-refractivity contribution in [3.63, 3.8) is 0 Å². The highest BCUT2D eigenvalue weighted by atomic mass is 16.6. The average molecular weight is 283 g/mol. The summed E-state index contributed by atoms with van der Waals surface area (Å²) in [5.74, 6) is 0.0751. The first-order valence-electron chi connectivity index (χ1n) is 6.28. The van der Waals surface area contributed by atoms with Crippen LogP contribution in [0.2, 0.25) is 0 Å². The Morgan fingerprint density at radius 3 is 2.57 bits per heavy atom. The zero-order chi connectivity index (χ0) is 15.1. The Bertz CT molecular complexity index is 645. The van der Waals surface area contributed by atoms with Gasteiger partial charge in [-0.15, -0.1) is 0 Å². The number of aryl methyl sites for hydroxylation is 1. The summed E-state index contributed by atoms with van der Waals surface area (Å²) in [6.45, 7) is 2.11. The second-order valence-electron chi connectivity index (χ2n) is 4.16. The minimum absolute atomic E-state index is 0.106. The summed E-state index contributed by atoms with van der Waals surface area (Å²) in [7, 11) is 0. The molecule has 0 saturated heterocycles. The lowest BCUT2D eigenvalue weighted by atomic mass is 10.2. The number of hydrogen-bond acceptors (Lipinski definition) is 6. The maximum atomic E-state index is 11.6. The molecule has 1 aromatic carbocycles. The molecule has 1 heterocycles. The molecule has 0 spiro atoms. The molecule has 0 aliphatic heterocycles. The number of aromatic nitrogens is 2. The van der Waals surface area contributed by atoms with Crippen LogP contribution in [0.5, 0.6) is 5.75 Å². The SMILES string of the molecule is Cc1cnc(C(=O)OCCOc2ccc(C#N)cc2)cn1. The summed E-state index contributed by atoms with van der Waals surface area (Å²) < 4.78 is 10.4. The minimum Gasteiger partial charge on any atom is -0.490 e. The third kappa shape index (κ3) is 4.28. The molecule has 6 nitrogen and oxygen atoms in total. The van der Waals surface area contributed by atoms with Crippen LogP contribution in [-0.4, -0.2) is 29.2 Å². The first kappa shape index (κ1) is 14.5. The van der Waals surface area contributed by atoms with Gasteiger partial charge in [-0.2, -0.15) is 5.26 Å². The molecule has 0 aliphatic carbocycles. The van der Waals surface area contributed by atoms with Gasteiger partial charge < -0.3 is 9.47 Å². The molecule has 0 saturated carbocycles. The number of carbonyl (C=O) groups is 1. The standard InChI is InChI=1S/C15H13N3O3/c1-11-9-18-14(10-17-11)15(19)21-7-6-20-13-4-2-12(8-16)3-5-13/h2-5,9-10H,6-7H2,1H3. The number of hydrogen-bond donors (Lipinski definition) is 0. The highest BCUT2D eigenvalue weighted by molar-refractivity contribution is 5.86. The number of rotatable bonds is 5. The fourth-order valence-corrected chi connectivity index (χ4v) is 1.49. The zero-order valence-electron chi connectivity index (χ0n) is 11.4. The van der Waals surface area contributed by atoms with Crippen LogP contribution >= 0.6 is 0 Å². The lowest BCUT2D eigenvalue weighted by Crippen LogP contribution is -2.13. The summed E-state index contributed by atoms with van der Waals surface area (Å²) >= 11 is 0. The molecule has 0 N–H and O–H groups in total. The highest BCUT2D eigenvalue weighted by Crippen LogP contribution is 2.11. The maximum Gasteiger partial charge on any atom is 0.358 e. The van der Waals surface area contributed by atoms with Crippen molar-refractivity contribution in [1.29, 1.82) is 5.26 Å². The second kappa shape index (κ2) is 7.01. The summed E-state index contributed by atoms with van der Waals surface area (Å²) in [6.07, 6.45) is 2.88. The first-order chi connectivity index (χ1) is 10.2. The van der Waals surface area contributed by atoms with E-state index in [-0.39, 0.29) is 18.9 Å². The molecule has 0 atom stereocenters. The van der Waals surface area contributed by atoms with Crippen molar-refractivity contribution in [2.75, 3.05) is 13.2 Å². The number of carbonyl (C=O) groups excluding carboxylic acids is 1. The molecule has 1 aromatic heterocycles. The van der Waals surface area contributed by atoms with Gasteiger partial charge >= 0.3 is 5.97 Å². The fourth-order valence-electron chi connectivity index (χ4n) is 1.49. The van der Waals surface area contributed by atoms with E-state index in [0.717, 1.165) is 5.69 Å². The predicted octanol–water partition coefficient (Wildman–Crippen LogP) is 1.89. The predicted molar refractivity (Wildman–Crippen MR) is 73.7 cm³/mol. The lowest BCUT2D eigenvalue weighted by molar-refractivity contribution is 0.0443. The quantitative estimate of drug-likeness (QED) is 0.615. The number of ether oxygens (including phenoxy) is 2. The lowest BCUT2D eigenvalue weighted by Gasteiger charge is -2.07. The van der Waals surface area contributed by atoms with E-state index in [9.17, 15) is 4.79 Å². The monoisotopic (exact) mass is 283 g/mol. The van der Waals surface area contributed by atoms with E-state index < -0.39 is 5.97 Å². The molecule has 0 unspecified atom stereocenters. The van der Waals surface area contributed by atoms with Crippen LogP contribution in [0.25, 0.3) is 0 Å². The van der Waals surface area contributed by atoms with Crippen LogP contribution in [0.4, 0.5) is 0 Å². The molecule has 0 bridgehead atoms. The van der Waals surface area contributed by atoms with Crippen molar-refractivity contribution >= 4 is 5.97 Å². The number of nitrogens with zero attached hydrogens (tertiary/aromatic N) is 3. The Morgan fingerprint density at radius 1 is 1.19 bits per heavy atom. The maximum absolute atomic E-state index is 11.6. The van der Waals surface area contributed by atoms with Gasteiger partial charge in [0.1, 0.15) is 19.0 Å². The van der Waals surface area contributed by atoms with Crippen molar-refractivity contribution in [3.05, 3.63) is 53.6 Å². The van der Waals surface area contributed by atoms with Crippen LogP contribution in [-0.2, 0) is 4.74 Å². The van der Waals surface area contributed by atoms with Crippen LogP contribution in [0, 0.1) is 18.3 Å². The van der Waals surface area contributed by atoms with E-state index in [2.05, 4.69) is 9.97 Å². The smallest absolute Gasteiger partial charge is 0.358 e. The van der Waals surface area contributed by atoms with Gasteiger partial charge in [-0.1, -0.05) is 0 Å². The van der Waals surface area contributed by atoms with Gasteiger partial charge in [0.05, 0.1) is 23.5 Å². The molecule has 0 amide bonds. The molecule has 2 rings (SSSR count). The number of nitriles is 1. The van der Waals surface area contributed by atoms with E-state index >= 15 is 0 Å². The topological polar surface area (TPSA) is 85.1 Å². The molecule has 21 heavy (non-hydrogen) atoms. The molecular weight excluding hydrogens is 270 g/mol. The molecule has 0 radical (unpaired) electrons. The van der Waals surface area contributed by atoms with Crippen LogP contribution in [0.3, 0.4) is 0 Å². The molecule has 2 aromatic rings. The van der Waals surface area contributed by atoms with Gasteiger partial charge in [-0.05, 0) is 31.2 Å². The summed E-state index contributed by atoms with van der Waals surface area (Å²) in [5.41, 5.74) is 1.46. The molecule has 0 aliphatic rings. The Labute approximate surface area is 122 Å². The van der Waals surface area contributed by atoms with Gasteiger partial charge in [0.25, 0.3) is 0 Å². The number of esters is 1. The van der Waals surface area contributed by atoms with Crippen LogP contribution in [0.1, 0.15) is 21.7 Å². The summed E-state index contributed by atoms with van der Waals surface area (Å²) in [5, 5.41) is 8.67. The Hall–Kier alpha value is -2.94. The van der Waals surface area contributed by atoms with Crippen molar-refractivity contribution in [1.82, 2.24) is 9.97 Å². The Balaban J connectivity index is 1.75. The van der Waals surface area contributed by atoms with Gasteiger partial charge in [0.2, 0.25) is 0 Å². The molecule has 0 fully saturated rings. The van der Waals surface area contributed by atoms with Crippen molar-refractivity contribution < 1.29 is 14.3 Å². The third-order valence-electron chi connectivity index (χ3n) is 2.56. The van der Waals surface area contributed by atoms with Gasteiger partial charge in [0, 0.05) is 6.20 Å². The van der Waals surface area contributed by atoms with Crippen LogP contribution in [0.15, 0.2) is 36.7 Å². The van der Waals surface area contributed by atoms with Crippen molar-refractivity contribution in [2.45, 2.75) is 6.92 Å². The van der Waals surface area contributed by atoms with E-state index in [1.54, 1.807) is 31.2 Å². The normalized spacial score (nSPS) is 9.71. The summed E-state index contributed by atoms with van der Waals surface area (Å²) in [4.78, 5) is 19.5. The minimum atomic E-state index is -0.536. The van der Waals surface area contributed by atoms with Gasteiger partial charge in [0.15, 0.2) is 5.69 Å². The summed E-state index contributed by atoms with van der Waals surface area (Å²) in [6, 6.07) is 8.71. The highest BCUT2D eigenvalue weighted by Gasteiger charge is 2.08. The van der Waals surface area contributed by atoms with Crippen molar-refractivity contribution in [2.24, 2.45) is 0 Å². The largest absolute Gasteiger partial charge is 0.490 e. The Kier molecular flexibility index (Phi) is 4.83. The zero-order valence-corrected chi connectivity index (χ0v) is 11.4. The Morgan fingerprint density at radius 2 is 1.95 bits per heavy atom. The second-order valence-corrected chi connectivity index (χ2v) is 4.16. The average Bonchev–Trinajstić information content (AvgIpc) is 2.52. The van der Waals surface area contributed by atoms with Crippen LogP contribution < -0.4 is 4.74 Å². The number of benzene rings is 1. The van der Waals surface area contributed by atoms with E-state index in [1.165, 1.54) is 12.4 Å².